The first-order valence-electron chi connectivity index (χ1n) is 6.24. The van der Waals surface area contributed by atoms with E-state index in [1.54, 1.807) is 0 Å². The van der Waals surface area contributed by atoms with E-state index in [4.69, 9.17) is 0 Å². The van der Waals surface area contributed by atoms with Crippen LogP contribution in [0, 0.1) is 0 Å². The van der Waals surface area contributed by atoms with Gasteiger partial charge in [-0.25, -0.2) is 4.98 Å². The van der Waals surface area contributed by atoms with Gasteiger partial charge in [0.1, 0.15) is 0 Å². The monoisotopic (exact) mass is 254 g/mol. The first-order valence-corrected chi connectivity index (χ1v) is 6.24. The van der Waals surface area contributed by atoms with Crippen molar-refractivity contribution in [1.82, 2.24) is 15.3 Å². The van der Waals surface area contributed by atoms with E-state index in [1.807, 2.05) is 12.4 Å². The van der Waals surface area contributed by atoms with Crippen molar-refractivity contribution in [2.75, 3.05) is 24.5 Å². The van der Waals surface area contributed by atoms with E-state index in [1.165, 1.54) is 25.7 Å². The summed E-state index contributed by atoms with van der Waals surface area (Å²) in [7, 11) is 0. The van der Waals surface area contributed by atoms with Gasteiger partial charge in [0.15, 0.2) is 5.82 Å². The molecule has 1 unspecified atom stereocenters. The van der Waals surface area contributed by atoms with Crippen molar-refractivity contribution in [3.63, 3.8) is 0 Å². The quantitative estimate of drug-likeness (QED) is 0.876. The van der Waals surface area contributed by atoms with Crippen LogP contribution in [0.15, 0.2) is 12.4 Å². The first kappa shape index (κ1) is 12.6. The molecule has 94 valence electrons. The predicted molar refractivity (Wildman–Crippen MR) is 70.7 cm³/mol. The van der Waals surface area contributed by atoms with Crippen LogP contribution in [0.25, 0.3) is 0 Å². The molecule has 0 spiro atoms. The maximum atomic E-state index is 4.53. The molecule has 2 aliphatic rings. The lowest BCUT2D eigenvalue weighted by Crippen LogP contribution is -2.38. The van der Waals surface area contributed by atoms with Crippen molar-refractivity contribution < 1.29 is 0 Å². The standard InChI is InChI=1S/C12H18N4.ClH/c1-2-8-16(9-3-1)12-11(10-4-5-13-10)14-6-7-15-12;/h6-7,10,13H,1-5,8-9H2;1H. The highest BCUT2D eigenvalue weighted by Crippen LogP contribution is 2.29. The lowest BCUT2D eigenvalue weighted by atomic mass is 10.0. The zero-order chi connectivity index (χ0) is 10.8. The van der Waals surface area contributed by atoms with Crippen molar-refractivity contribution in [2.45, 2.75) is 31.7 Å². The Kier molecular flexibility index (Phi) is 4.18. The Hall–Kier alpha value is -0.870. The van der Waals surface area contributed by atoms with Gasteiger partial charge in [-0.2, -0.15) is 0 Å². The highest BCUT2D eigenvalue weighted by atomic mass is 35.5. The molecule has 2 saturated heterocycles. The van der Waals surface area contributed by atoms with Crippen molar-refractivity contribution >= 4 is 18.2 Å². The summed E-state index contributed by atoms with van der Waals surface area (Å²) in [5.74, 6) is 1.11. The number of piperidine rings is 1. The van der Waals surface area contributed by atoms with E-state index in [-0.39, 0.29) is 12.4 Å². The summed E-state index contributed by atoms with van der Waals surface area (Å²) in [5, 5.41) is 3.41. The summed E-state index contributed by atoms with van der Waals surface area (Å²) >= 11 is 0. The number of hydrogen-bond acceptors (Lipinski definition) is 4. The molecule has 0 bridgehead atoms. The molecule has 1 atom stereocenters. The van der Waals surface area contributed by atoms with Gasteiger partial charge < -0.3 is 10.2 Å². The minimum absolute atomic E-state index is 0. The molecule has 2 aliphatic heterocycles. The van der Waals surface area contributed by atoms with Gasteiger partial charge in [0.05, 0.1) is 11.7 Å². The molecule has 3 heterocycles. The van der Waals surface area contributed by atoms with Gasteiger partial charge in [0.2, 0.25) is 0 Å². The third-order valence-electron chi connectivity index (χ3n) is 3.52. The number of nitrogens with one attached hydrogen (secondary N) is 1. The average molecular weight is 255 g/mol. The molecule has 17 heavy (non-hydrogen) atoms. The summed E-state index contributed by atoms with van der Waals surface area (Å²) in [5.41, 5.74) is 1.15. The molecule has 0 saturated carbocycles. The van der Waals surface area contributed by atoms with Crippen LogP contribution in [0.4, 0.5) is 5.82 Å². The molecule has 3 rings (SSSR count). The molecular weight excluding hydrogens is 236 g/mol. The maximum Gasteiger partial charge on any atom is 0.151 e. The van der Waals surface area contributed by atoms with Crippen molar-refractivity contribution in [1.29, 1.82) is 0 Å². The third kappa shape index (κ3) is 2.53. The molecule has 1 N–H and O–H groups in total. The molecule has 4 nitrogen and oxygen atoms in total. The summed E-state index contributed by atoms with van der Waals surface area (Å²) in [6.07, 6.45) is 8.74. The zero-order valence-electron chi connectivity index (χ0n) is 9.93. The van der Waals surface area contributed by atoms with Gasteiger partial charge in [-0.3, -0.25) is 4.98 Å². The molecule has 0 aromatic carbocycles. The molecule has 1 aromatic rings. The zero-order valence-corrected chi connectivity index (χ0v) is 10.7. The Morgan fingerprint density at radius 2 is 1.82 bits per heavy atom. The number of anilines is 1. The van der Waals surface area contributed by atoms with Crippen LogP contribution in [0.3, 0.4) is 0 Å². The molecule has 0 amide bonds. The van der Waals surface area contributed by atoms with Gasteiger partial charge >= 0.3 is 0 Å². The average Bonchev–Trinajstić information content (AvgIpc) is 2.29. The number of halogens is 1. The molecule has 5 heteroatoms. The second kappa shape index (κ2) is 5.65. The Bertz CT molecular complexity index is 361. The van der Waals surface area contributed by atoms with E-state index in [0.29, 0.717) is 6.04 Å². The van der Waals surface area contributed by atoms with Crippen molar-refractivity contribution in [3.05, 3.63) is 18.1 Å². The van der Waals surface area contributed by atoms with E-state index >= 15 is 0 Å². The van der Waals surface area contributed by atoms with E-state index < -0.39 is 0 Å². The predicted octanol–water partition coefficient (Wildman–Crippen LogP) is 1.92. The number of nitrogens with zero attached hydrogens (tertiary/aromatic N) is 3. The fourth-order valence-corrected chi connectivity index (χ4v) is 2.46. The van der Waals surface area contributed by atoms with Crippen LogP contribution in [-0.2, 0) is 0 Å². The van der Waals surface area contributed by atoms with Gasteiger partial charge in [0.25, 0.3) is 0 Å². The fraction of sp³-hybridized carbons (Fsp3) is 0.667. The molecular formula is C12H19ClN4. The Morgan fingerprint density at radius 1 is 1.12 bits per heavy atom. The molecule has 0 aliphatic carbocycles. The number of rotatable bonds is 2. The topological polar surface area (TPSA) is 41.1 Å². The summed E-state index contributed by atoms with van der Waals surface area (Å²) < 4.78 is 0. The molecule has 0 radical (unpaired) electrons. The molecule has 1 aromatic heterocycles. The fourth-order valence-electron chi connectivity index (χ4n) is 2.46. The smallest absolute Gasteiger partial charge is 0.151 e. The van der Waals surface area contributed by atoms with Crippen LogP contribution in [0.2, 0.25) is 0 Å². The maximum absolute atomic E-state index is 4.53. The van der Waals surface area contributed by atoms with Crippen LogP contribution in [0.1, 0.15) is 37.4 Å². The van der Waals surface area contributed by atoms with Gasteiger partial charge in [0, 0.05) is 25.5 Å². The van der Waals surface area contributed by atoms with Gasteiger partial charge in [-0.05, 0) is 32.2 Å². The first-order chi connectivity index (χ1) is 7.95. The van der Waals surface area contributed by atoms with Gasteiger partial charge in [-0.15, -0.1) is 12.4 Å². The van der Waals surface area contributed by atoms with Crippen LogP contribution in [-0.4, -0.2) is 29.6 Å². The summed E-state index contributed by atoms with van der Waals surface area (Å²) in [6.45, 7) is 3.39. The Balaban J connectivity index is 0.00000108. The van der Waals surface area contributed by atoms with Crippen molar-refractivity contribution in [3.8, 4) is 0 Å². The summed E-state index contributed by atoms with van der Waals surface area (Å²) in [4.78, 5) is 11.4. The number of aromatic nitrogens is 2. The summed E-state index contributed by atoms with van der Waals surface area (Å²) in [6, 6.07) is 0.436. The van der Waals surface area contributed by atoms with Crippen LogP contribution >= 0.6 is 12.4 Å². The van der Waals surface area contributed by atoms with Crippen molar-refractivity contribution in [2.24, 2.45) is 0 Å². The molecule has 2 fully saturated rings. The minimum atomic E-state index is 0. The van der Waals surface area contributed by atoms with E-state index in [9.17, 15) is 0 Å². The minimum Gasteiger partial charge on any atom is -0.355 e. The highest BCUT2D eigenvalue weighted by Gasteiger charge is 2.26. The largest absolute Gasteiger partial charge is 0.355 e. The highest BCUT2D eigenvalue weighted by molar-refractivity contribution is 5.85. The lowest BCUT2D eigenvalue weighted by molar-refractivity contribution is 0.373. The lowest BCUT2D eigenvalue weighted by Gasteiger charge is -2.33. The van der Waals surface area contributed by atoms with Crippen LogP contribution < -0.4 is 10.2 Å². The Labute approximate surface area is 108 Å². The van der Waals surface area contributed by atoms with Crippen LogP contribution in [0.5, 0.6) is 0 Å². The second-order valence-electron chi connectivity index (χ2n) is 4.61. The number of hydrogen-bond donors (Lipinski definition) is 1. The third-order valence-corrected chi connectivity index (χ3v) is 3.52. The normalized spacial score (nSPS) is 23.8. The second-order valence-corrected chi connectivity index (χ2v) is 4.61. The van der Waals surface area contributed by atoms with E-state index in [0.717, 1.165) is 31.1 Å². The van der Waals surface area contributed by atoms with Gasteiger partial charge in [-0.1, -0.05) is 0 Å². The van der Waals surface area contributed by atoms with E-state index in [2.05, 4.69) is 20.2 Å². The Morgan fingerprint density at radius 3 is 2.47 bits per heavy atom. The SMILES string of the molecule is Cl.c1cnc(N2CCCCC2)c(C2CCN2)n1.